The Labute approximate surface area is 335 Å². The number of furan rings is 1. The maximum atomic E-state index is 9.56. The van der Waals surface area contributed by atoms with E-state index in [0.717, 1.165) is 44.5 Å². The summed E-state index contributed by atoms with van der Waals surface area (Å²) >= 11 is 0. The molecular weight excluding hydrogens is 697 g/mol. The number of aromatic nitrogens is 4. The van der Waals surface area contributed by atoms with Crippen molar-refractivity contribution in [1.29, 1.82) is 0 Å². The van der Waals surface area contributed by atoms with E-state index in [1.807, 2.05) is 143 Å². The summed E-state index contributed by atoms with van der Waals surface area (Å²) in [4.78, 5) is 10.3. The lowest BCUT2D eigenvalue weighted by Crippen LogP contribution is -1.98. The Morgan fingerprint density at radius 1 is 0.439 bits per heavy atom. The van der Waals surface area contributed by atoms with Gasteiger partial charge in [-0.05, 0) is 48.5 Å². The van der Waals surface area contributed by atoms with Crippen LogP contribution in [0.15, 0.2) is 198 Å². The fourth-order valence-electron chi connectivity index (χ4n) is 8.38. The maximum absolute atomic E-state index is 9.56. The van der Waals surface area contributed by atoms with E-state index in [4.69, 9.17) is 18.5 Å². The zero-order valence-corrected chi connectivity index (χ0v) is 30.2. The molecule has 0 radical (unpaired) electrons. The summed E-state index contributed by atoms with van der Waals surface area (Å²) in [5.41, 5.74) is 9.23. The van der Waals surface area contributed by atoms with Crippen molar-refractivity contribution in [1.82, 2.24) is 19.1 Å². The number of fused-ring (bicyclic) bond motifs is 10. The highest BCUT2D eigenvalue weighted by Gasteiger charge is 2.22. The highest BCUT2D eigenvalue weighted by molar-refractivity contribution is 6.24. The number of nitrogens with zero attached hydrogens (tertiary/aromatic N) is 4. The Kier molecular flexibility index (Phi) is 5.67. The molecule has 57 heavy (non-hydrogen) atoms. The summed E-state index contributed by atoms with van der Waals surface area (Å²) in [5, 5.41) is 3.66. The van der Waals surface area contributed by atoms with Crippen LogP contribution in [0.25, 0.3) is 111 Å². The molecule has 0 saturated carbocycles. The summed E-state index contributed by atoms with van der Waals surface area (Å²) in [6, 6.07) is 50.2. The molecule has 0 aliphatic rings. The van der Waals surface area contributed by atoms with Gasteiger partial charge in [0.25, 0.3) is 0 Å². The van der Waals surface area contributed by atoms with E-state index in [1.54, 1.807) is 18.2 Å². The molecule has 4 heterocycles. The molecule has 0 aliphatic heterocycles. The van der Waals surface area contributed by atoms with Crippen LogP contribution in [0.5, 0.6) is 0 Å². The predicted molar refractivity (Wildman–Crippen MR) is 234 cm³/mol. The highest BCUT2D eigenvalue weighted by atomic mass is 16.3. The number of rotatable bonds is 5. The second-order valence-electron chi connectivity index (χ2n) is 14.1. The van der Waals surface area contributed by atoms with Gasteiger partial charge in [0.05, 0.1) is 47.4 Å². The monoisotopic (exact) mass is 734 g/mol. The third kappa shape index (κ3) is 4.82. The van der Waals surface area contributed by atoms with Crippen LogP contribution in [0.1, 0.15) is 8.22 Å². The second-order valence-corrected chi connectivity index (χ2v) is 14.1. The summed E-state index contributed by atoms with van der Waals surface area (Å²) in [6.45, 7) is 0. The van der Waals surface area contributed by atoms with Crippen LogP contribution < -0.4 is 0 Å². The van der Waals surface area contributed by atoms with Crippen molar-refractivity contribution in [2.75, 3.05) is 0 Å². The molecular formula is C52H32N4O. The van der Waals surface area contributed by atoms with Gasteiger partial charge in [-0.1, -0.05) is 139 Å². The largest absolute Gasteiger partial charge is 0.456 e. The Bertz CT molecular complexity index is 3800. The van der Waals surface area contributed by atoms with Gasteiger partial charge >= 0.3 is 0 Å². The Balaban J connectivity index is 1.16. The van der Waals surface area contributed by atoms with Gasteiger partial charge < -0.3 is 13.6 Å². The van der Waals surface area contributed by atoms with E-state index in [2.05, 4.69) is 0 Å². The first-order chi connectivity index (χ1) is 30.7. The normalized spacial score (nSPS) is 13.3. The Morgan fingerprint density at radius 2 is 1.07 bits per heavy atom. The van der Waals surface area contributed by atoms with Crippen molar-refractivity contribution in [3.05, 3.63) is 194 Å². The molecule has 12 aromatic rings. The molecule has 0 amide bonds. The van der Waals surface area contributed by atoms with Gasteiger partial charge in [-0.3, -0.25) is 0 Å². The standard InChI is InChI=1S/C52H32N4O/c1-4-15-33(16-5-1)43-32-44(34-17-6-2-7-18-34)54-52(53-43)42-23-14-26-47-49(42)41-28-27-36(31-48(41)57-47)56-46-25-13-11-22-38(46)40-30-29-39-37-21-10-12-24-45(37)55(50(39)51(40)56)35-19-8-3-9-20-35/h1-32H/i10D,11D,12D,25D,29D,30D. The third-order valence-electron chi connectivity index (χ3n) is 10.9. The quantitative estimate of drug-likeness (QED) is 0.177. The molecule has 0 fully saturated rings. The molecule has 266 valence electrons. The van der Waals surface area contributed by atoms with Crippen LogP contribution in [0.3, 0.4) is 0 Å². The minimum atomic E-state index is -0.0538. The van der Waals surface area contributed by atoms with Crippen molar-refractivity contribution in [3.8, 4) is 45.3 Å². The molecule has 0 N–H and O–H groups in total. The topological polar surface area (TPSA) is 48.8 Å². The number of hydrogen-bond acceptors (Lipinski definition) is 3. The van der Waals surface area contributed by atoms with Crippen LogP contribution in [0.4, 0.5) is 0 Å². The van der Waals surface area contributed by atoms with E-state index in [0.29, 0.717) is 66.3 Å². The molecule has 5 nitrogen and oxygen atoms in total. The molecule has 8 aromatic carbocycles. The molecule has 0 unspecified atom stereocenters. The highest BCUT2D eigenvalue weighted by Crippen LogP contribution is 2.43. The van der Waals surface area contributed by atoms with Gasteiger partial charge in [0.2, 0.25) is 0 Å². The molecule has 0 saturated heterocycles. The van der Waals surface area contributed by atoms with Crippen LogP contribution in [-0.2, 0) is 0 Å². The SMILES string of the molecule is [2H]c1cc([2H])c2c(c1)c1c([2H])c([2H])c3c4cc([2H])c([2H])cc4n(-c4ccccc4)c3c1n2-c1ccc2c(c1)oc1cccc(-c3nc(-c4ccccc4)cc(-c4ccccc4)n3)c12. The molecule has 0 aliphatic carbocycles. The first kappa shape index (κ1) is 26.1. The van der Waals surface area contributed by atoms with Crippen LogP contribution in [0.2, 0.25) is 0 Å². The average Bonchev–Trinajstić information content (AvgIpc) is 3.96. The van der Waals surface area contributed by atoms with E-state index < -0.39 is 0 Å². The second kappa shape index (κ2) is 12.4. The van der Waals surface area contributed by atoms with Gasteiger partial charge in [-0.25, -0.2) is 9.97 Å². The first-order valence-corrected chi connectivity index (χ1v) is 18.7. The summed E-state index contributed by atoms with van der Waals surface area (Å²) in [6.07, 6.45) is 0. The van der Waals surface area contributed by atoms with Gasteiger partial charge in [0, 0.05) is 60.8 Å². The molecule has 5 heteroatoms. The van der Waals surface area contributed by atoms with E-state index in [1.165, 1.54) is 6.07 Å². The Hall–Kier alpha value is -7.76. The minimum absolute atomic E-state index is 0.0108. The van der Waals surface area contributed by atoms with Crippen LogP contribution in [-0.4, -0.2) is 19.1 Å². The van der Waals surface area contributed by atoms with Gasteiger partial charge in [0.1, 0.15) is 11.2 Å². The van der Waals surface area contributed by atoms with Crippen LogP contribution >= 0.6 is 0 Å². The van der Waals surface area contributed by atoms with Crippen LogP contribution in [0, 0.1) is 0 Å². The van der Waals surface area contributed by atoms with E-state index >= 15 is 0 Å². The lowest BCUT2D eigenvalue weighted by molar-refractivity contribution is 0.668. The zero-order valence-electron chi connectivity index (χ0n) is 36.2. The van der Waals surface area contributed by atoms with Gasteiger partial charge in [-0.15, -0.1) is 0 Å². The first-order valence-electron chi connectivity index (χ1n) is 21.7. The lowest BCUT2D eigenvalue weighted by Gasteiger charge is -2.12. The molecule has 4 aromatic heterocycles. The molecule has 0 bridgehead atoms. The average molecular weight is 735 g/mol. The third-order valence-corrected chi connectivity index (χ3v) is 10.9. The summed E-state index contributed by atoms with van der Waals surface area (Å²) in [5.74, 6) is 0.553. The van der Waals surface area contributed by atoms with Crippen molar-refractivity contribution in [3.63, 3.8) is 0 Å². The number of para-hydroxylation sites is 3. The van der Waals surface area contributed by atoms with Crippen molar-refractivity contribution < 1.29 is 12.6 Å². The van der Waals surface area contributed by atoms with Gasteiger partial charge in [0.15, 0.2) is 5.82 Å². The summed E-state index contributed by atoms with van der Waals surface area (Å²) in [7, 11) is 0. The molecule has 0 spiro atoms. The fourth-order valence-corrected chi connectivity index (χ4v) is 8.38. The van der Waals surface area contributed by atoms with Gasteiger partial charge in [-0.2, -0.15) is 0 Å². The van der Waals surface area contributed by atoms with E-state index in [9.17, 15) is 4.11 Å². The fraction of sp³-hybridized carbons (Fsp3) is 0. The predicted octanol–water partition coefficient (Wildman–Crippen LogP) is 13.6. The van der Waals surface area contributed by atoms with Crippen molar-refractivity contribution in [2.45, 2.75) is 0 Å². The Morgan fingerprint density at radius 3 is 1.79 bits per heavy atom. The molecule has 0 atom stereocenters. The van der Waals surface area contributed by atoms with Crippen molar-refractivity contribution >= 4 is 65.6 Å². The smallest absolute Gasteiger partial charge is 0.161 e. The lowest BCUT2D eigenvalue weighted by atomic mass is 10.0. The minimum Gasteiger partial charge on any atom is -0.456 e. The maximum Gasteiger partial charge on any atom is 0.161 e. The number of hydrogen-bond donors (Lipinski definition) is 0. The molecule has 12 rings (SSSR count). The zero-order chi connectivity index (χ0) is 42.7. The summed E-state index contributed by atoms with van der Waals surface area (Å²) < 4.78 is 65.0. The van der Waals surface area contributed by atoms with Crippen molar-refractivity contribution in [2.24, 2.45) is 0 Å². The number of benzene rings is 8. The van der Waals surface area contributed by atoms with E-state index in [-0.39, 0.29) is 36.3 Å².